The second kappa shape index (κ2) is 4.30. The van der Waals surface area contributed by atoms with Crippen molar-refractivity contribution in [2.75, 3.05) is 0 Å². The maximum atomic E-state index is 12.0. The Morgan fingerprint density at radius 1 is 1.58 bits per heavy atom. The maximum absolute atomic E-state index is 12.0. The minimum atomic E-state index is -2.44. The van der Waals surface area contributed by atoms with Crippen molar-refractivity contribution in [1.82, 2.24) is 0 Å². The largest absolute Gasteiger partial charge is 0.323 e. The van der Waals surface area contributed by atoms with Crippen LogP contribution >= 0.6 is 27.3 Å². The van der Waals surface area contributed by atoms with Crippen LogP contribution in [0.3, 0.4) is 0 Å². The van der Waals surface area contributed by atoms with Crippen molar-refractivity contribution in [2.45, 2.75) is 18.9 Å². The Morgan fingerprint density at radius 2 is 2.25 bits per heavy atom. The van der Waals surface area contributed by atoms with E-state index < -0.39 is 12.5 Å². The van der Waals surface area contributed by atoms with E-state index in [2.05, 4.69) is 15.9 Å². The number of nitrogens with two attached hydrogens (primary N) is 1. The van der Waals surface area contributed by atoms with Crippen LogP contribution in [-0.4, -0.2) is 12.5 Å². The molecule has 0 bridgehead atoms. The predicted octanol–water partition coefficient (Wildman–Crippen LogP) is 2.65. The number of thiophene rings is 1. The molecule has 0 spiro atoms. The molecule has 0 saturated carbocycles. The van der Waals surface area contributed by atoms with Gasteiger partial charge in [-0.25, -0.2) is 8.78 Å². The van der Waals surface area contributed by atoms with Crippen LogP contribution in [0.1, 0.15) is 4.88 Å². The van der Waals surface area contributed by atoms with Crippen LogP contribution in [0.15, 0.2) is 15.9 Å². The summed E-state index contributed by atoms with van der Waals surface area (Å²) in [4.78, 5) is 0.884. The van der Waals surface area contributed by atoms with Crippen molar-refractivity contribution >= 4 is 27.3 Å². The van der Waals surface area contributed by atoms with Crippen LogP contribution in [0.4, 0.5) is 8.78 Å². The zero-order valence-electron chi connectivity index (χ0n) is 6.14. The molecule has 1 atom stereocenters. The highest BCUT2D eigenvalue weighted by Crippen LogP contribution is 2.21. The molecule has 68 valence electrons. The molecule has 1 aromatic heterocycles. The molecule has 0 aliphatic rings. The van der Waals surface area contributed by atoms with Gasteiger partial charge in [-0.3, -0.25) is 0 Å². The van der Waals surface area contributed by atoms with E-state index in [1.807, 2.05) is 11.4 Å². The minimum Gasteiger partial charge on any atom is -0.323 e. The van der Waals surface area contributed by atoms with Crippen molar-refractivity contribution in [3.63, 3.8) is 0 Å². The molecule has 0 saturated heterocycles. The third-order valence-electron chi connectivity index (χ3n) is 1.38. The SMILES string of the molecule is NC(Cc1cc(Br)cs1)C(F)F. The zero-order chi connectivity index (χ0) is 9.14. The molecule has 0 aliphatic carbocycles. The summed E-state index contributed by atoms with van der Waals surface area (Å²) in [6.07, 6.45) is -2.20. The number of alkyl halides is 2. The van der Waals surface area contributed by atoms with Gasteiger partial charge in [0.25, 0.3) is 6.43 Å². The molecule has 1 heterocycles. The van der Waals surface area contributed by atoms with Crippen molar-refractivity contribution in [3.05, 3.63) is 20.8 Å². The minimum absolute atomic E-state index is 0.244. The standard InChI is InChI=1S/C7H8BrF2NS/c8-4-1-5(12-3-4)2-6(11)7(9)10/h1,3,6-7H,2,11H2. The van der Waals surface area contributed by atoms with Gasteiger partial charge in [0.05, 0.1) is 6.04 Å². The van der Waals surface area contributed by atoms with Gasteiger partial charge in [-0.05, 0) is 22.0 Å². The monoisotopic (exact) mass is 255 g/mol. The highest BCUT2D eigenvalue weighted by atomic mass is 79.9. The van der Waals surface area contributed by atoms with E-state index in [0.717, 1.165) is 9.35 Å². The summed E-state index contributed by atoms with van der Waals surface area (Å²) in [6, 6.07) is 0.767. The topological polar surface area (TPSA) is 26.0 Å². The van der Waals surface area contributed by atoms with Crippen molar-refractivity contribution in [1.29, 1.82) is 0 Å². The third kappa shape index (κ3) is 2.80. The molecule has 1 unspecified atom stereocenters. The van der Waals surface area contributed by atoms with Gasteiger partial charge in [0, 0.05) is 21.2 Å². The highest BCUT2D eigenvalue weighted by molar-refractivity contribution is 9.10. The highest BCUT2D eigenvalue weighted by Gasteiger charge is 2.16. The van der Waals surface area contributed by atoms with Crippen LogP contribution in [0.25, 0.3) is 0 Å². The first kappa shape index (κ1) is 10.1. The van der Waals surface area contributed by atoms with Gasteiger partial charge in [0.15, 0.2) is 0 Å². The predicted molar refractivity (Wildman–Crippen MR) is 49.7 cm³/mol. The lowest BCUT2D eigenvalue weighted by Crippen LogP contribution is -2.30. The van der Waals surface area contributed by atoms with E-state index in [-0.39, 0.29) is 6.42 Å². The first-order valence-corrected chi connectivity index (χ1v) is 5.03. The van der Waals surface area contributed by atoms with Crippen molar-refractivity contribution in [3.8, 4) is 0 Å². The Hall–Kier alpha value is -0.0000000000000000833. The number of halogens is 3. The molecule has 5 heteroatoms. The van der Waals surface area contributed by atoms with E-state index in [4.69, 9.17) is 5.73 Å². The van der Waals surface area contributed by atoms with Gasteiger partial charge in [0.2, 0.25) is 0 Å². The normalized spacial score (nSPS) is 13.8. The second-order valence-electron chi connectivity index (χ2n) is 2.43. The van der Waals surface area contributed by atoms with Gasteiger partial charge in [-0.15, -0.1) is 11.3 Å². The van der Waals surface area contributed by atoms with Gasteiger partial charge in [-0.2, -0.15) is 0 Å². The van der Waals surface area contributed by atoms with Gasteiger partial charge in [-0.1, -0.05) is 0 Å². The fraction of sp³-hybridized carbons (Fsp3) is 0.429. The average Bonchev–Trinajstić information content (AvgIpc) is 2.35. The lowest BCUT2D eigenvalue weighted by molar-refractivity contribution is 0.116. The van der Waals surface area contributed by atoms with E-state index in [1.165, 1.54) is 11.3 Å². The number of hydrogen-bond donors (Lipinski definition) is 1. The third-order valence-corrected chi connectivity index (χ3v) is 3.10. The molecule has 0 amide bonds. The Labute approximate surface area is 81.7 Å². The van der Waals surface area contributed by atoms with Crippen LogP contribution < -0.4 is 5.73 Å². The lowest BCUT2D eigenvalue weighted by Gasteiger charge is -2.07. The summed E-state index contributed by atoms with van der Waals surface area (Å²) >= 11 is 4.68. The van der Waals surface area contributed by atoms with Gasteiger partial charge in [0.1, 0.15) is 0 Å². The summed E-state index contributed by atoms with van der Waals surface area (Å²) in [5, 5.41) is 1.85. The van der Waals surface area contributed by atoms with Gasteiger partial charge < -0.3 is 5.73 Å². The molecular formula is C7H8BrF2NS. The molecular weight excluding hydrogens is 248 g/mol. The molecule has 12 heavy (non-hydrogen) atoms. The van der Waals surface area contributed by atoms with Crippen molar-refractivity contribution < 1.29 is 8.78 Å². The zero-order valence-corrected chi connectivity index (χ0v) is 8.54. The average molecular weight is 256 g/mol. The van der Waals surface area contributed by atoms with E-state index in [0.29, 0.717) is 0 Å². The molecule has 1 aromatic rings. The van der Waals surface area contributed by atoms with E-state index >= 15 is 0 Å². The quantitative estimate of drug-likeness (QED) is 0.883. The van der Waals surface area contributed by atoms with Gasteiger partial charge >= 0.3 is 0 Å². The maximum Gasteiger partial charge on any atom is 0.253 e. The van der Waals surface area contributed by atoms with Crippen LogP contribution in [0, 0.1) is 0 Å². The van der Waals surface area contributed by atoms with Crippen LogP contribution in [-0.2, 0) is 6.42 Å². The fourth-order valence-corrected chi connectivity index (χ4v) is 2.31. The summed E-state index contributed by atoms with van der Waals surface area (Å²) in [6.45, 7) is 0. The van der Waals surface area contributed by atoms with Crippen molar-refractivity contribution in [2.24, 2.45) is 5.73 Å². The van der Waals surface area contributed by atoms with Crippen LogP contribution in [0.2, 0.25) is 0 Å². The fourth-order valence-electron chi connectivity index (χ4n) is 0.782. The Morgan fingerprint density at radius 3 is 2.67 bits per heavy atom. The van der Waals surface area contributed by atoms with Crippen LogP contribution in [0.5, 0.6) is 0 Å². The molecule has 0 aromatic carbocycles. The lowest BCUT2D eigenvalue weighted by atomic mass is 10.2. The molecule has 2 N–H and O–H groups in total. The van der Waals surface area contributed by atoms with E-state index in [9.17, 15) is 8.78 Å². The molecule has 1 nitrogen and oxygen atoms in total. The Kier molecular flexibility index (Phi) is 3.61. The smallest absolute Gasteiger partial charge is 0.253 e. The number of rotatable bonds is 3. The Balaban J connectivity index is 2.52. The summed E-state index contributed by atoms with van der Waals surface area (Å²) in [5.41, 5.74) is 5.20. The summed E-state index contributed by atoms with van der Waals surface area (Å²) in [7, 11) is 0. The molecule has 0 radical (unpaired) electrons. The second-order valence-corrected chi connectivity index (χ2v) is 4.35. The first-order valence-electron chi connectivity index (χ1n) is 3.36. The molecule has 0 fully saturated rings. The van der Waals surface area contributed by atoms with E-state index in [1.54, 1.807) is 0 Å². The molecule has 1 rings (SSSR count). The number of hydrogen-bond acceptors (Lipinski definition) is 2. The summed E-state index contributed by atoms with van der Waals surface area (Å²) in [5.74, 6) is 0. The first-order chi connectivity index (χ1) is 5.59. The summed E-state index contributed by atoms with van der Waals surface area (Å²) < 4.78 is 24.9. The Bertz CT molecular complexity index is 251. The molecule has 0 aliphatic heterocycles.